The number of halogens is 1. The molecule has 3 aromatic carbocycles. The van der Waals surface area contributed by atoms with Crippen molar-refractivity contribution in [3.05, 3.63) is 70.2 Å². The predicted molar refractivity (Wildman–Crippen MR) is 93.1 cm³/mol. The van der Waals surface area contributed by atoms with Gasteiger partial charge >= 0.3 is 0 Å². The van der Waals surface area contributed by atoms with Gasteiger partial charge in [-0.2, -0.15) is 0 Å². The minimum absolute atomic E-state index is 0.791. The zero-order valence-corrected chi connectivity index (χ0v) is 13.6. The Morgan fingerprint density at radius 2 is 1.82 bits per heavy atom. The Hall–Kier alpha value is -2.26. The molecule has 108 valence electrons. The maximum atomic E-state index is 6.12. The Labute approximate surface area is 137 Å². The maximum absolute atomic E-state index is 6.12. The maximum Gasteiger partial charge on any atom is 0.135 e. The average Bonchev–Trinajstić information content (AvgIpc) is 2.56. The molecule has 0 spiro atoms. The zero-order valence-electron chi connectivity index (χ0n) is 12.0. The standard InChI is InChI=1S/C19H13BrO2/c1-21-18-10-13(8-9-15(18)20)17-11-14-6-2-4-12-5-3-7-16(22-17)19(12)14/h2-11H,1H3. The number of benzene rings is 3. The van der Waals surface area contributed by atoms with E-state index in [2.05, 4.69) is 46.3 Å². The number of methoxy groups -OCH3 is 1. The van der Waals surface area contributed by atoms with Crippen molar-refractivity contribution in [3.63, 3.8) is 0 Å². The first kappa shape index (κ1) is 13.4. The summed E-state index contributed by atoms with van der Waals surface area (Å²) in [7, 11) is 1.66. The van der Waals surface area contributed by atoms with Crippen molar-refractivity contribution < 1.29 is 9.47 Å². The van der Waals surface area contributed by atoms with E-state index in [1.165, 1.54) is 10.9 Å². The fraction of sp³-hybridized carbons (Fsp3) is 0.0526. The third kappa shape index (κ3) is 2.09. The van der Waals surface area contributed by atoms with E-state index in [1.54, 1.807) is 7.11 Å². The Morgan fingerprint density at radius 3 is 2.64 bits per heavy atom. The Morgan fingerprint density at radius 1 is 1.00 bits per heavy atom. The Bertz CT molecular complexity index is 907. The minimum Gasteiger partial charge on any atom is -0.496 e. The lowest BCUT2D eigenvalue weighted by Crippen LogP contribution is -2.01. The van der Waals surface area contributed by atoms with Crippen molar-refractivity contribution in [1.82, 2.24) is 0 Å². The molecule has 0 aromatic heterocycles. The van der Waals surface area contributed by atoms with Crippen molar-refractivity contribution in [2.24, 2.45) is 0 Å². The highest BCUT2D eigenvalue weighted by Gasteiger charge is 2.16. The van der Waals surface area contributed by atoms with Gasteiger partial charge in [0.25, 0.3) is 0 Å². The molecule has 1 aliphatic rings. The summed E-state index contributed by atoms with van der Waals surface area (Å²) in [6.45, 7) is 0. The van der Waals surface area contributed by atoms with E-state index in [9.17, 15) is 0 Å². The van der Waals surface area contributed by atoms with Crippen LogP contribution in [-0.2, 0) is 0 Å². The molecule has 0 atom stereocenters. The normalized spacial score (nSPS) is 12.7. The van der Waals surface area contributed by atoms with Crippen molar-refractivity contribution in [2.45, 2.75) is 0 Å². The molecule has 0 N–H and O–H groups in total. The highest BCUT2D eigenvalue weighted by atomic mass is 79.9. The summed E-state index contributed by atoms with van der Waals surface area (Å²) in [4.78, 5) is 0. The highest BCUT2D eigenvalue weighted by Crippen LogP contribution is 2.39. The van der Waals surface area contributed by atoms with Crippen molar-refractivity contribution in [3.8, 4) is 11.5 Å². The lowest BCUT2D eigenvalue weighted by Gasteiger charge is -2.19. The molecule has 0 saturated heterocycles. The topological polar surface area (TPSA) is 18.5 Å². The number of ether oxygens (including phenoxy) is 2. The minimum atomic E-state index is 0.791. The van der Waals surface area contributed by atoms with Gasteiger partial charge in [0.1, 0.15) is 17.3 Å². The molecule has 0 fully saturated rings. The molecule has 0 aliphatic carbocycles. The summed E-state index contributed by atoms with van der Waals surface area (Å²) in [5, 5.41) is 2.36. The predicted octanol–water partition coefficient (Wildman–Crippen LogP) is 5.50. The molecule has 0 amide bonds. The van der Waals surface area contributed by atoms with E-state index in [1.807, 2.05) is 30.3 Å². The summed E-state index contributed by atoms with van der Waals surface area (Å²) in [6.07, 6.45) is 2.08. The smallest absolute Gasteiger partial charge is 0.135 e. The zero-order chi connectivity index (χ0) is 15.1. The molecule has 3 heteroatoms. The van der Waals surface area contributed by atoms with E-state index >= 15 is 0 Å². The summed E-state index contributed by atoms with van der Waals surface area (Å²) >= 11 is 3.48. The van der Waals surface area contributed by atoms with Crippen LogP contribution in [0.3, 0.4) is 0 Å². The second kappa shape index (κ2) is 5.18. The van der Waals surface area contributed by atoms with Gasteiger partial charge in [-0.1, -0.05) is 30.3 Å². The van der Waals surface area contributed by atoms with Crippen LogP contribution in [0.1, 0.15) is 11.1 Å². The van der Waals surface area contributed by atoms with Crippen LogP contribution in [0, 0.1) is 0 Å². The monoisotopic (exact) mass is 352 g/mol. The molecular weight excluding hydrogens is 340 g/mol. The third-order valence-corrected chi connectivity index (χ3v) is 4.50. The molecule has 2 nitrogen and oxygen atoms in total. The second-order valence-electron chi connectivity index (χ2n) is 5.16. The summed E-state index contributed by atoms with van der Waals surface area (Å²) < 4.78 is 12.4. The largest absolute Gasteiger partial charge is 0.496 e. The van der Waals surface area contributed by atoms with Crippen LogP contribution in [0.25, 0.3) is 22.6 Å². The van der Waals surface area contributed by atoms with Crippen LogP contribution in [0.4, 0.5) is 0 Å². The van der Waals surface area contributed by atoms with Crippen molar-refractivity contribution in [1.29, 1.82) is 0 Å². The van der Waals surface area contributed by atoms with E-state index in [4.69, 9.17) is 9.47 Å². The highest BCUT2D eigenvalue weighted by molar-refractivity contribution is 9.10. The van der Waals surface area contributed by atoms with E-state index < -0.39 is 0 Å². The second-order valence-corrected chi connectivity index (χ2v) is 6.02. The molecule has 0 unspecified atom stereocenters. The number of hydrogen-bond donors (Lipinski definition) is 0. The average molecular weight is 353 g/mol. The molecule has 22 heavy (non-hydrogen) atoms. The Kier molecular flexibility index (Phi) is 3.16. The van der Waals surface area contributed by atoms with Crippen LogP contribution in [-0.4, -0.2) is 7.11 Å². The van der Waals surface area contributed by atoms with Gasteiger partial charge in [-0.05, 0) is 57.2 Å². The molecule has 0 saturated carbocycles. The third-order valence-electron chi connectivity index (χ3n) is 3.84. The van der Waals surface area contributed by atoms with Gasteiger partial charge in [-0.25, -0.2) is 0 Å². The van der Waals surface area contributed by atoms with Crippen LogP contribution < -0.4 is 9.47 Å². The molecule has 3 aromatic rings. The van der Waals surface area contributed by atoms with Crippen molar-refractivity contribution >= 4 is 38.5 Å². The van der Waals surface area contributed by atoms with Crippen molar-refractivity contribution in [2.75, 3.05) is 7.11 Å². The van der Waals surface area contributed by atoms with Crippen LogP contribution in [0.5, 0.6) is 11.5 Å². The van der Waals surface area contributed by atoms with E-state index in [-0.39, 0.29) is 0 Å². The molecule has 1 aliphatic heterocycles. The van der Waals surface area contributed by atoms with E-state index in [0.717, 1.165) is 32.7 Å². The molecule has 0 bridgehead atoms. The first-order valence-electron chi connectivity index (χ1n) is 7.01. The van der Waals surface area contributed by atoms with Gasteiger partial charge in [-0.3, -0.25) is 0 Å². The van der Waals surface area contributed by atoms with Gasteiger partial charge in [0.05, 0.1) is 11.6 Å². The van der Waals surface area contributed by atoms with Gasteiger partial charge in [-0.15, -0.1) is 0 Å². The summed E-state index contributed by atoms with van der Waals surface area (Å²) in [5.74, 6) is 2.52. The van der Waals surface area contributed by atoms with Gasteiger partial charge in [0, 0.05) is 10.9 Å². The molecule has 0 radical (unpaired) electrons. The number of rotatable bonds is 2. The quantitative estimate of drug-likeness (QED) is 0.606. The molecule has 4 rings (SSSR count). The first-order chi connectivity index (χ1) is 10.8. The van der Waals surface area contributed by atoms with Crippen LogP contribution in [0.2, 0.25) is 0 Å². The van der Waals surface area contributed by atoms with Crippen LogP contribution in [0.15, 0.2) is 59.1 Å². The molecule has 1 heterocycles. The first-order valence-corrected chi connectivity index (χ1v) is 7.81. The Balaban J connectivity index is 1.88. The summed E-state index contributed by atoms with van der Waals surface area (Å²) in [5.41, 5.74) is 2.17. The lowest BCUT2D eigenvalue weighted by atomic mass is 9.99. The SMILES string of the molecule is COc1cc(C2=Cc3cccc4cccc(c34)O2)ccc1Br. The molecular formula is C19H13BrO2. The van der Waals surface area contributed by atoms with Gasteiger partial charge < -0.3 is 9.47 Å². The van der Waals surface area contributed by atoms with Crippen LogP contribution >= 0.6 is 15.9 Å². The number of hydrogen-bond acceptors (Lipinski definition) is 2. The lowest BCUT2D eigenvalue weighted by molar-refractivity contribution is 0.411. The van der Waals surface area contributed by atoms with Gasteiger partial charge in [0.2, 0.25) is 0 Å². The van der Waals surface area contributed by atoms with E-state index in [0.29, 0.717) is 0 Å². The van der Waals surface area contributed by atoms with Gasteiger partial charge in [0.15, 0.2) is 0 Å². The fourth-order valence-corrected chi connectivity index (χ4v) is 3.19. The summed E-state index contributed by atoms with van der Waals surface area (Å²) in [6, 6.07) is 18.4. The fourth-order valence-electron chi connectivity index (χ4n) is 2.78.